The summed E-state index contributed by atoms with van der Waals surface area (Å²) in [5.41, 5.74) is 1.43. The summed E-state index contributed by atoms with van der Waals surface area (Å²) in [5, 5.41) is 0.832. The Kier molecular flexibility index (Phi) is 2.67. The number of rotatable bonds is 2. The highest BCUT2D eigenvalue weighted by Gasteiger charge is 2.18. The van der Waals surface area contributed by atoms with E-state index in [1.54, 1.807) is 25.1 Å². The van der Waals surface area contributed by atoms with E-state index in [9.17, 15) is 9.18 Å². The van der Waals surface area contributed by atoms with Crippen LogP contribution in [0.2, 0.25) is 0 Å². The first-order valence-electron chi connectivity index (χ1n) is 5.94. The number of aryl methyl sites for hydroxylation is 1. The Bertz CT molecular complexity index is 738. The van der Waals surface area contributed by atoms with E-state index in [-0.39, 0.29) is 11.3 Å². The van der Waals surface area contributed by atoms with Gasteiger partial charge >= 0.3 is 0 Å². The smallest absolute Gasteiger partial charge is 0.231 e. The summed E-state index contributed by atoms with van der Waals surface area (Å²) in [6.45, 7) is 1.78. The zero-order valence-electron chi connectivity index (χ0n) is 10.3. The van der Waals surface area contributed by atoms with E-state index in [4.69, 9.17) is 4.42 Å². The van der Waals surface area contributed by atoms with Gasteiger partial charge in [-0.2, -0.15) is 0 Å². The second-order valence-corrected chi connectivity index (χ2v) is 4.46. The molecule has 0 aliphatic rings. The maximum absolute atomic E-state index is 13.8. The summed E-state index contributed by atoms with van der Waals surface area (Å²) >= 11 is 0. The molecule has 0 spiro atoms. The molecule has 3 rings (SSSR count). The summed E-state index contributed by atoms with van der Waals surface area (Å²) in [5.74, 6) is -0.803. The number of benzene rings is 2. The normalized spacial score (nSPS) is 10.8. The number of furan rings is 1. The van der Waals surface area contributed by atoms with Crippen LogP contribution in [-0.2, 0) is 0 Å². The van der Waals surface area contributed by atoms with Crippen LogP contribution in [0.1, 0.15) is 21.7 Å². The lowest BCUT2D eigenvalue weighted by Gasteiger charge is -2.00. The van der Waals surface area contributed by atoms with Crippen molar-refractivity contribution in [1.82, 2.24) is 0 Å². The quantitative estimate of drug-likeness (QED) is 0.644. The minimum absolute atomic E-state index is 0.0321. The third kappa shape index (κ3) is 2.03. The molecule has 0 aliphatic carbocycles. The van der Waals surface area contributed by atoms with Crippen molar-refractivity contribution in [3.8, 4) is 0 Å². The number of carbonyl (C=O) groups excluding carboxylic acids is 1. The fourth-order valence-electron chi connectivity index (χ4n) is 2.03. The average molecular weight is 254 g/mol. The molecule has 0 radical (unpaired) electrons. The van der Waals surface area contributed by atoms with Crippen molar-refractivity contribution < 1.29 is 13.6 Å². The standard InChI is InChI=1S/C16H11FO2/c1-10-6-7-12(13(17)8-10)16(18)15-9-11-4-2-3-5-14(11)19-15/h2-9H,1H3. The third-order valence-electron chi connectivity index (χ3n) is 3.02. The number of carbonyl (C=O) groups is 1. The van der Waals surface area contributed by atoms with Crippen molar-refractivity contribution in [3.05, 3.63) is 71.2 Å². The average Bonchev–Trinajstić information content (AvgIpc) is 2.81. The van der Waals surface area contributed by atoms with Gasteiger partial charge in [0.1, 0.15) is 11.4 Å². The fraction of sp³-hybridized carbons (Fsp3) is 0.0625. The molecule has 0 unspecified atom stereocenters. The van der Waals surface area contributed by atoms with Crippen LogP contribution >= 0.6 is 0 Å². The Labute approximate surface area is 109 Å². The first-order valence-corrected chi connectivity index (χ1v) is 5.94. The van der Waals surface area contributed by atoms with Gasteiger partial charge in [-0.3, -0.25) is 4.79 Å². The van der Waals surface area contributed by atoms with Crippen LogP contribution < -0.4 is 0 Å². The molecule has 2 aromatic carbocycles. The van der Waals surface area contributed by atoms with Gasteiger partial charge in [0.15, 0.2) is 5.76 Å². The van der Waals surface area contributed by atoms with Gasteiger partial charge in [0.05, 0.1) is 5.56 Å². The van der Waals surface area contributed by atoms with Crippen molar-refractivity contribution >= 4 is 16.8 Å². The lowest BCUT2D eigenvalue weighted by Crippen LogP contribution is -2.03. The first-order chi connectivity index (χ1) is 9.15. The molecular formula is C16H11FO2. The molecule has 1 heterocycles. The SMILES string of the molecule is Cc1ccc(C(=O)c2cc3ccccc3o2)c(F)c1. The van der Waals surface area contributed by atoms with Crippen LogP contribution in [0, 0.1) is 12.7 Å². The summed E-state index contributed by atoms with van der Waals surface area (Å²) in [7, 11) is 0. The predicted octanol–water partition coefficient (Wildman–Crippen LogP) is 4.11. The van der Waals surface area contributed by atoms with Crippen molar-refractivity contribution in [3.63, 3.8) is 0 Å². The predicted molar refractivity (Wildman–Crippen MR) is 70.8 cm³/mol. The molecule has 0 fully saturated rings. The molecule has 1 aromatic heterocycles. The molecule has 0 amide bonds. The lowest BCUT2D eigenvalue weighted by molar-refractivity contribution is 0.101. The van der Waals surface area contributed by atoms with Crippen LogP contribution in [0.4, 0.5) is 4.39 Å². The van der Waals surface area contributed by atoms with E-state index in [0.717, 1.165) is 10.9 Å². The van der Waals surface area contributed by atoms with E-state index in [1.807, 2.05) is 18.2 Å². The summed E-state index contributed by atoms with van der Waals surface area (Å²) in [6, 6.07) is 13.5. The summed E-state index contributed by atoms with van der Waals surface area (Å²) < 4.78 is 19.2. The Morgan fingerprint density at radius 1 is 1.11 bits per heavy atom. The molecular weight excluding hydrogens is 243 g/mol. The summed E-state index contributed by atoms with van der Waals surface area (Å²) in [4.78, 5) is 12.2. The van der Waals surface area contributed by atoms with Crippen LogP contribution in [-0.4, -0.2) is 5.78 Å². The maximum atomic E-state index is 13.8. The van der Waals surface area contributed by atoms with Crippen LogP contribution in [0.15, 0.2) is 52.9 Å². The molecule has 0 N–H and O–H groups in total. The van der Waals surface area contributed by atoms with E-state index in [2.05, 4.69) is 0 Å². The highest BCUT2D eigenvalue weighted by molar-refractivity contribution is 6.09. The number of ketones is 1. The topological polar surface area (TPSA) is 30.2 Å². The largest absolute Gasteiger partial charge is 0.453 e. The molecule has 0 saturated carbocycles. The number of halogens is 1. The number of para-hydroxylation sites is 1. The fourth-order valence-corrected chi connectivity index (χ4v) is 2.03. The van der Waals surface area contributed by atoms with Gasteiger partial charge in [0.2, 0.25) is 5.78 Å². The third-order valence-corrected chi connectivity index (χ3v) is 3.02. The Morgan fingerprint density at radius 3 is 2.63 bits per heavy atom. The van der Waals surface area contributed by atoms with Gasteiger partial charge in [0, 0.05) is 5.39 Å². The van der Waals surface area contributed by atoms with Crippen LogP contribution in [0.25, 0.3) is 11.0 Å². The van der Waals surface area contributed by atoms with E-state index in [0.29, 0.717) is 5.58 Å². The molecule has 2 nitrogen and oxygen atoms in total. The molecule has 0 saturated heterocycles. The zero-order valence-corrected chi connectivity index (χ0v) is 10.3. The van der Waals surface area contributed by atoms with Crippen molar-refractivity contribution in [2.24, 2.45) is 0 Å². The van der Waals surface area contributed by atoms with Crippen LogP contribution in [0.3, 0.4) is 0 Å². The lowest BCUT2D eigenvalue weighted by atomic mass is 10.1. The van der Waals surface area contributed by atoms with E-state index in [1.165, 1.54) is 12.1 Å². The Balaban J connectivity index is 2.08. The van der Waals surface area contributed by atoms with Gasteiger partial charge in [-0.15, -0.1) is 0 Å². The minimum atomic E-state index is -0.523. The Morgan fingerprint density at radius 2 is 1.89 bits per heavy atom. The maximum Gasteiger partial charge on any atom is 0.231 e. The highest BCUT2D eigenvalue weighted by atomic mass is 19.1. The molecule has 19 heavy (non-hydrogen) atoms. The number of fused-ring (bicyclic) bond motifs is 1. The van der Waals surface area contributed by atoms with Gasteiger partial charge in [0.25, 0.3) is 0 Å². The first kappa shape index (κ1) is 11.7. The van der Waals surface area contributed by atoms with Gasteiger partial charge in [-0.25, -0.2) is 4.39 Å². The van der Waals surface area contributed by atoms with E-state index < -0.39 is 11.6 Å². The number of hydrogen-bond donors (Lipinski definition) is 0. The molecule has 0 aliphatic heterocycles. The molecule has 0 bridgehead atoms. The minimum Gasteiger partial charge on any atom is -0.453 e. The molecule has 3 heteroatoms. The monoisotopic (exact) mass is 254 g/mol. The van der Waals surface area contributed by atoms with Gasteiger partial charge < -0.3 is 4.42 Å². The van der Waals surface area contributed by atoms with E-state index >= 15 is 0 Å². The molecule has 0 atom stereocenters. The van der Waals surface area contributed by atoms with Crippen molar-refractivity contribution in [2.45, 2.75) is 6.92 Å². The van der Waals surface area contributed by atoms with Gasteiger partial charge in [-0.1, -0.05) is 24.3 Å². The molecule has 94 valence electrons. The zero-order chi connectivity index (χ0) is 13.4. The van der Waals surface area contributed by atoms with Gasteiger partial charge in [-0.05, 0) is 36.8 Å². The second-order valence-electron chi connectivity index (χ2n) is 4.46. The van der Waals surface area contributed by atoms with Crippen LogP contribution in [0.5, 0.6) is 0 Å². The molecule has 3 aromatic rings. The number of hydrogen-bond acceptors (Lipinski definition) is 2. The van der Waals surface area contributed by atoms with Crippen molar-refractivity contribution in [2.75, 3.05) is 0 Å². The highest BCUT2D eigenvalue weighted by Crippen LogP contribution is 2.22. The second kappa shape index (κ2) is 4.35. The van der Waals surface area contributed by atoms with Crippen molar-refractivity contribution in [1.29, 1.82) is 0 Å². The Hall–Kier alpha value is -2.42. The summed E-state index contributed by atoms with van der Waals surface area (Å²) in [6.07, 6.45) is 0.